The lowest BCUT2D eigenvalue weighted by Gasteiger charge is -2.35. The highest BCUT2D eigenvalue weighted by Gasteiger charge is 2.20. The molecule has 6 nitrogen and oxygen atoms in total. The van der Waals surface area contributed by atoms with Gasteiger partial charge in [-0.3, -0.25) is 9.80 Å². The van der Waals surface area contributed by atoms with E-state index in [0.29, 0.717) is 0 Å². The molecule has 0 aliphatic carbocycles. The Bertz CT molecular complexity index is 300. The van der Waals surface area contributed by atoms with Crippen molar-refractivity contribution < 1.29 is 9.53 Å². The van der Waals surface area contributed by atoms with Crippen LogP contribution in [0, 0.1) is 0 Å². The Labute approximate surface area is 128 Å². The maximum Gasteiger partial charge on any atom is 0.317 e. The molecule has 0 saturated carbocycles. The minimum atomic E-state index is 0.0957. The van der Waals surface area contributed by atoms with Gasteiger partial charge < -0.3 is 15.0 Å². The number of ether oxygens (including phenoxy) is 1. The number of hydrogen-bond donors (Lipinski definition) is 1. The zero-order valence-electron chi connectivity index (χ0n) is 13.4. The first-order chi connectivity index (χ1) is 10.3. The number of carbonyl (C=O) groups is 1. The van der Waals surface area contributed by atoms with Crippen molar-refractivity contribution in [2.75, 3.05) is 72.1 Å². The molecule has 2 amide bonds. The summed E-state index contributed by atoms with van der Waals surface area (Å²) in [7, 11) is 0. The Morgan fingerprint density at radius 2 is 1.67 bits per heavy atom. The zero-order valence-corrected chi connectivity index (χ0v) is 13.4. The Kier molecular flexibility index (Phi) is 7.26. The topological polar surface area (TPSA) is 48.0 Å². The number of urea groups is 1. The largest absolute Gasteiger partial charge is 0.379 e. The van der Waals surface area contributed by atoms with Gasteiger partial charge >= 0.3 is 6.03 Å². The maximum atomic E-state index is 12.1. The van der Waals surface area contributed by atoms with E-state index in [1.54, 1.807) is 0 Å². The maximum absolute atomic E-state index is 12.1. The summed E-state index contributed by atoms with van der Waals surface area (Å²) in [5, 5.41) is 3.04. The molecule has 2 saturated heterocycles. The van der Waals surface area contributed by atoms with Gasteiger partial charge in [-0.1, -0.05) is 13.3 Å². The lowest BCUT2D eigenvalue weighted by atomic mass is 10.2. The molecule has 0 aromatic carbocycles. The molecular formula is C15H30N4O2. The van der Waals surface area contributed by atoms with Crippen molar-refractivity contribution >= 4 is 6.03 Å². The fourth-order valence-corrected chi connectivity index (χ4v) is 2.81. The van der Waals surface area contributed by atoms with Crippen LogP contribution in [0.4, 0.5) is 4.79 Å². The Balaban J connectivity index is 1.56. The van der Waals surface area contributed by atoms with E-state index >= 15 is 0 Å². The summed E-state index contributed by atoms with van der Waals surface area (Å²) in [6.45, 7) is 12.4. The van der Waals surface area contributed by atoms with E-state index in [4.69, 9.17) is 4.74 Å². The van der Waals surface area contributed by atoms with E-state index in [2.05, 4.69) is 22.0 Å². The molecule has 2 aliphatic heterocycles. The van der Waals surface area contributed by atoms with E-state index in [1.165, 1.54) is 19.4 Å². The molecule has 0 bridgehead atoms. The van der Waals surface area contributed by atoms with Gasteiger partial charge in [-0.2, -0.15) is 0 Å². The molecule has 0 radical (unpaired) electrons. The molecular weight excluding hydrogens is 268 g/mol. The van der Waals surface area contributed by atoms with E-state index in [1.807, 2.05) is 4.90 Å². The normalized spacial score (nSPS) is 21.5. The SMILES string of the molecule is CCCCN1CCN(C(=O)NCCN2CCOCC2)CC1. The number of piperazine rings is 1. The predicted molar refractivity (Wildman–Crippen MR) is 83.6 cm³/mol. The van der Waals surface area contributed by atoms with Crippen LogP contribution in [0.5, 0.6) is 0 Å². The zero-order chi connectivity index (χ0) is 14.9. The Hall–Kier alpha value is -0.850. The van der Waals surface area contributed by atoms with E-state index in [0.717, 1.165) is 65.6 Å². The number of carbonyl (C=O) groups excluding carboxylic acids is 1. The molecule has 2 fully saturated rings. The Morgan fingerprint density at radius 1 is 1.00 bits per heavy atom. The number of amides is 2. The number of nitrogens with zero attached hydrogens (tertiary/aromatic N) is 3. The third-order valence-corrected chi connectivity index (χ3v) is 4.30. The van der Waals surface area contributed by atoms with Gasteiger partial charge in [0.2, 0.25) is 0 Å². The van der Waals surface area contributed by atoms with Gasteiger partial charge in [-0.15, -0.1) is 0 Å². The lowest BCUT2D eigenvalue weighted by molar-refractivity contribution is 0.0385. The molecule has 6 heteroatoms. The van der Waals surface area contributed by atoms with Crippen LogP contribution >= 0.6 is 0 Å². The van der Waals surface area contributed by atoms with Gasteiger partial charge in [0.05, 0.1) is 13.2 Å². The Morgan fingerprint density at radius 3 is 2.33 bits per heavy atom. The second-order valence-corrected chi connectivity index (χ2v) is 5.87. The molecule has 0 unspecified atom stereocenters. The third-order valence-electron chi connectivity index (χ3n) is 4.30. The summed E-state index contributed by atoms with van der Waals surface area (Å²) >= 11 is 0. The standard InChI is InChI=1S/C15H30N4O2/c1-2-3-5-17-7-9-19(10-8-17)15(20)16-4-6-18-11-13-21-14-12-18/h2-14H2,1H3,(H,16,20). The van der Waals surface area contributed by atoms with Crippen LogP contribution in [0.2, 0.25) is 0 Å². The predicted octanol–water partition coefficient (Wildman–Crippen LogP) is 0.446. The number of unbranched alkanes of at least 4 members (excludes halogenated alkanes) is 1. The first kappa shape index (κ1) is 16.5. The second kappa shape index (κ2) is 9.23. The van der Waals surface area contributed by atoms with E-state index < -0.39 is 0 Å². The summed E-state index contributed by atoms with van der Waals surface area (Å²) in [5.41, 5.74) is 0. The van der Waals surface area contributed by atoms with Gasteiger partial charge in [-0.05, 0) is 13.0 Å². The minimum absolute atomic E-state index is 0.0957. The summed E-state index contributed by atoms with van der Waals surface area (Å²) < 4.78 is 5.32. The fraction of sp³-hybridized carbons (Fsp3) is 0.933. The van der Waals surface area contributed by atoms with Gasteiger partial charge in [0.15, 0.2) is 0 Å². The third kappa shape index (κ3) is 5.80. The first-order valence-electron chi connectivity index (χ1n) is 8.35. The lowest BCUT2D eigenvalue weighted by Crippen LogP contribution is -2.52. The molecule has 2 heterocycles. The van der Waals surface area contributed by atoms with Crippen molar-refractivity contribution in [2.45, 2.75) is 19.8 Å². The molecule has 2 aliphatic rings. The van der Waals surface area contributed by atoms with Crippen LogP contribution < -0.4 is 5.32 Å². The average Bonchev–Trinajstić information content (AvgIpc) is 2.54. The molecule has 1 N–H and O–H groups in total. The average molecular weight is 298 g/mol. The van der Waals surface area contributed by atoms with Crippen LogP contribution in [0.3, 0.4) is 0 Å². The van der Waals surface area contributed by atoms with Crippen LogP contribution in [-0.4, -0.2) is 92.8 Å². The number of morpholine rings is 1. The molecule has 0 atom stereocenters. The molecule has 122 valence electrons. The van der Waals surface area contributed by atoms with Crippen molar-refractivity contribution in [3.05, 3.63) is 0 Å². The van der Waals surface area contributed by atoms with Crippen LogP contribution in [0.1, 0.15) is 19.8 Å². The van der Waals surface area contributed by atoms with E-state index in [9.17, 15) is 4.79 Å². The van der Waals surface area contributed by atoms with Crippen molar-refractivity contribution in [3.63, 3.8) is 0 Å². The summed E-state index contributed by atoms with van der Waals surface area (Å²) in [6.07, 6.45) is 2.49. The monoisotopic (exact) mass is 298 g/mol. The second-order valence-electron chi connectivity index (χ2n) is 5.87. The highest BCUT2D eigenvalue weighted by atomic mass is 16.5. The molecule has 0 aromatic rings. The van der Waals surface area contributed by atoms with Crippen LogP contribution in [-0.2, 0) is 4.74 Å². The highest BCUT2D eigenvalue weighted by molar-refractivity contribution is 5.74. The minimum Gasteiger partial charge on any atom is -0.379 e. The fourth-order valence-electron chi connectivity index (χ4n) is 2.81. The van der Waals surface area contributed by atoms with Crippen molar-refractivity contribution in [3.8, 4) is 0 Å². The van der Waals surface area contributed by atoms with Crippen LogP contribution in [0.15, 0.2) is 0 Å². The van der Waals surface area contributed by atoms with Crippen molar-refractivity contribution in [1.29, 1.82) is 0 Å². The first-order valence-corrected chi connectivity index (χ1v) is 8.35. The highest BCUT2D eigenvalue weighted by Crippen LogP contribution is 2.04. The quantitative estimate of drug-likeness (QED) is 0.773. The smallest absolute Gasteiger partial charge is 0.317 e. The molecule has 21 heavy (non-hydrogen) atoms. The summed E-state index contributed by atoms with van der Waals surface area (Å²) in [4.78, 5) is 18.9. The molecule has 2 rings (SSSR count). The van der Waals surface area contributed by atoms with Gasteiger partial charge in [0, 0.05) is 52.4 Å². The van der Waals surface area contributed by atoms with Gasteiger partial charge in [0.25, 0.3) is 0 Å². The number of nitrogens with one attached hydrogen (secondary N) is 1. The number of rotatable bonds is 6. The number of hydrogen-bond acceptors (Lipinski definition) is 4. The van der Waals surface area contributed by atoms with Crippen molar-refractivity contribution in [2.24, 2.45) is 0 Å². The molecule has 0 aromatic heterocycles. The summed E-state index contributed by atoms with van der Waals surface area (Å²) in [6, 6.07) is 0.0957. The summed E-state index contributed by atoms with van der Waals surface area (Å²) in [5.74, 6) is 0. The van der Waals surface area contributed by atoms with Crippen LogP contribution in [0.25, 0.3) is 0 Å². The molecule has 0 spiro atoms. The van der Waals surface area contributed by atoms with Crippen molar-refractivity contribution in [1.82, 2.24) is 20.0 Å². The van der Waals surface area contributed by atoms with E-state index in [-0.39, 0.29) is 6.03 Å². The van der Waals surface area contributed by atoms with Gasteiger partial charge in [0.1, 0.15) is 0 Å². The van der Waals surface area contributed by atoms with Gasteiger partial charge in [-0.25, -0.2) is 4.79 Å².